The Bertz CT molecular complexity index is 1670. The SMILES string of the molecule is COc1cnc2c(ccn2[Si](C(C)C)(C(C)C)C(C)C)c1/C(=C\B1OC(C)(C)C(C)(C)O1)C1CCC(CS(=O)(=O)N(C)C(=O)OC(C)(C)C)CC1. The number of fused-ring (bicyclic) bond motifs is 1. The van der Waals surface area contributed by atoms with Crippen LogP contribution < -0.4 is 4.74 Å². The molecular formula is C38H64BN3O7SSi. The Labute approximate surface area is 309 Å². The van der Waals surface area contributed by atoms with Gasteiger partial charge in [0.25, 0.3) is 0 Å². The quantitative estimate of drug-likeness (QED) is 0.210. The van der Waals surface area contributed by atoms with E-state index < -0.39 is 48.3 Å². The first kappa shape index (κ1) is 41.4. The van der Waals surface area contributed by atoms with Crippen LogP contribution in [0.5, 0.6) is 5.75 Å². The van der Waals surface area contributed by atoms with E-state index in [0.29, 0.717) is 35.2 Å². The standard InChI is InChI=1S/C38H64BN3O7SSi/c1-25(2)51(26(3)4,27(5)6)42-21-20-30-33(32(46-15)23-40-34(30)42)31(22-39-48-37(10,11)38(12,13)49-39)29-18-16-28(17-19-29)24-50(44,45)41(14)35(43)47-36(7,8)9/h20-23,25-29H,16-19,24H2,1-15H3/b31-22-. The Balaban J connectivity index is 1.78. The van der Waals surface area contributed by atoms with Crippen LogP contribution in [0.1, 0.15) is 121 Å². The molecule has 2 aromatic heterocycles. The van der Waals surface area contributed by atoms with E-state index in [2.05, 4.69) is 91.7 Å². The highest BCUT2D eigenvalue weighted by molar-refractivity contribution is 7.89. The number of carbonyl (C=O) groups is 1. The number of rotatable bonds is 11. The fourth-order valence-electron chi connectivity index (χ4n) is 8.68. The van der Waals surface area contributed by atoms with E-state index in [1.54, 1.807) is 27.9 Å². The molecule has 0 bridgehead atoms. The third-order valence-corrected chi connectivity index (χ3v) is 20.4. The first-order valence-corrected chi connectivity index (χ1v) is 22.5. The van der Waals surface area contributed by atoms with Crippen LogP contribution >= 0.6 is 0 Å². The zero-order valence-electron chi connectivity index (χ0n) is 33.9. The maximum atomic E-state index is 13.3. The number of carbonyl (C=O) groups excluding carboxylic acids is 1. The lowest BCUT2D eigenvalue weighted by molar-refractivity contribution is 0.00578. The molecule has 0 N–H and O–H groups in total. The highest BCUT2D eigenvalue weighted by Crippen LogP contribution is 2.48. The van der Waals surface area contributed by atoms with Gasteiger partial charge in [0.15, 0.2) is 8.24 Å². The Morgan fingerprint density at radius 2 is 1.57 bits per heavy atom. The number of hydrogen-bond donors (Lipinski definition) is 0. The minimum Gasteiger partial charge on any atom is -0.494 e. The van der Waals surface area contributed by atoms with Crippen molar-refractivity contribution < 1.29 is 32.0 Å². The van der Waals surface area contributed by atoms with Gasteiger partial charge in [-0.25, -0.2) is 22.5 Å². The summed E-state index contributed by atoms with van der Waals surface area (Å²) in [6.07, 6.45) is 6.15. The summed E-state index contributed by atoms with van der Waals surface area (Å²) in [4.78, 5) is 17.7. The average molecular weight is 746 g/mol. The number of amides is 1. The van der Waals surface area contributed by atoms with Crippen LogP contribution in [0.25, 0.3) is 16.6 Å². The van der Waals surface area contributed by atoms with Crippen molar-refractivity contribution in [1.82, 2.24) is 13.5 Å². The van der Waals surface area contributed by atoms with E-state index in [1.165, 1.54) is 7.05 Å². The summed E-state index contributed by atoms with van der Waals surface area (Å²) >= 11 is 0. The summed E-state index contributed by atoms with van der Waals surface area (Å²) in [5, 5.41) is 1.04. The molecule has 2 aromatic rings. The molecule has 1 saturated heterocycles. The molecule has 10 nitrogen and oxygen atoms in total. The minimum atomic E-state index is -3.86. The van der Waals surface area contributed by atoms with Crippen molar-refractivity contribution >= 4 is 48.1 Å². The maximum absolute atomic E-state index is 13.3. The Kier molecular flexibility index (Phi) is 12.0. The van der Waals surface area contributed by atoms with Gasteiger partial charge in [-0.05, 0) is 120 Å². The summed E-state index contributed by atoms with van der Waals surface area (Å²) in [6, 6.07) is 2.21. The third-order valence-electron chi connectivity index (χ3n) is 11.8. The molecule has 1 saturated carbocycles. The Morgan fingerprint density at radius 3 is 2.04 bits per heavy atom. The number of ether oxygens (including phenoxy) is 2. The van der Waals surface area contributed by atoms with Crippen LogP contribution in [0, 0.1) is 11.8 Å². The van der Waals surface area contributed by atoms with Gasteiger partial charge in [0.2, 0.25) is 10.0 Å². The number of nitrogens with zero attached hydrogens (tertiary/aromatic N) is 3. The van der Waals surface area contributed by atoms with E-state index in [9.17, 15) is 13.2 Å². The van der Waals surface area contributed by atoms with Gasteiger partial charge in [-0.15, -0.1) is 0 Å². The second-order valence-electron chi connectivity index (χ2n) is 17.7. The molecule has 1 aliphatic heterocycles. The number of sulfonamides is 1. The predicted molar refractivity (Wildman–Crippen MR) is 210 cm³/mol. The third kappa shape index (κ3) is 8.11. The first-order valence-electron chi connectivity index (χ1n) is 18.7. The van der Waals surface area contributed by atoms with Crippen molar-refractivity contribution in [3.8, 4) is 5.75 Å². The molecule has 13 heteroatoms. The zero-order valence-corrected chi connectivity index (χ0v) is 35.7. The summed E-state index contributed by atoms with van der Waals surface area (Å²) in [5.41, 5.74) is 2.69. The lowest BCUT2D eigenvalue weighted by Gasteiger charge is -2.44. The van der Waals surface area contributed by atoms with Crippen LogP contribution in [0.4, 0.5) is 4.79 Å². The zero-order chi connectivity index (χ0) is 38.5. The fraction of sp³-hybridized carbons (Fsp3) is 0.737. The average Bonchev–Trinajstić information content (AvgIpc) is 3.50. The minimum absolute atomic E-state index is 0.0931. The van der Waals surface area contributed by atoms with Gasteiger partial charge >= 0.3 is 13.2 Å². The number of allylic oxidation sites excluding steroid dienone is 1. The van der Waals surface area contributed by atoms with Gasteiger partial charge in [0.1, 0.15) is 17.0 Å². The number of pyridine rings is 1. The summed E-state index contributed by atoms with van der Waals surface area (Å²) in [7, 11) is -3.59. The molecule has 1 amide bonds. The van der Waals surface area contributed by atoms with E-state index in [4.69, 9.17) is 23.8 Å². The molecule has 2 fully saturated rings. The molecular weight excluding hydrogens is 681 g/mol. The van der Waals surface area contributed by atoms with Gasteiger partial charge in [-0.2, -0.15) is 0 Å². The highest BCUT2D eigenvalue weighted by Gasteiger charge is 2.51. The smallest absolute Gasteiger partial charge is 0.487 e. The maximum Gasteiger partial charge on any atom is 0.487 e. The summed E-state index contributed by atoms with van der Waals surface area (Å²) in [5.74, 6) is 2.71. The van der Waals surface area contributed by atoms with Gasteiger partial charge in [0, 0.05) is 18.0 Å². The molecule has 51 heavy (non-hydrogen) atoms. The predicted octanol–water partition coefficient (Wildman–Crippen LogP) is 9.09. The van der Waals surface area contributed by atoms with Crippen LogP contribution in [-0.2, 0) is 24.1 Å². The monoisotopic (exact) mass is 745 g/mol. The molecule has 0 spiro atoms. The van der Waals surface area contributed by atoms with E-state index in [0.717, 1.165) is 39.3 Å². The molecule has 1 aliphatic carbocycles. The normalized spacial score (nSPS) is 21.6. The second kappa shape index (κ2) is 14.8. The van der Waals surface area contributed by atoms with Crippen molar-refractivity contribution in [1.29, 1.82) is 0 Å². The Hall–Kier alpha value is -2.35. The van der Waals surface area contributed by atoms with E-state index in [-0.39, 0.29) is 17.6 Å². The van der Waals surface area contributed by atoms with Crippen LogP contribution in [0.2, 0.25) is 16.6 Å². The number of hydrogen-bond acceptors (Lipinski definition) is 8. The highest BCUT2D eigenvalue weighted by atomic mass is 32.2. The lowest BCUT2D eigenvalue weighted by Crippen LogP contribution is -2.51. The van der Waals surface area contributed by atoms with Crippen molar-refractivity contribution in [2.75, 3.05) is 19.9 Å². The van der Waals surface area contributed by atoms with Crippen molar-refractivity contribution in [2.24, 2.45) is 11.8 Å². The number of methoxy groups -OCH3 is 1. The van der Waals surface area contributed by atoms with Gasteiger partial charge < -0.3 is 23.0 Å². The topological polar surface area (TPSA) is 109 Å². The fourth-order valence-corrected chi connectivity index (χ4v) is 16.6. The Morgan fingerprint density at radius 1 is 1.04 bits per heavy atom. The summed E-state index contributed by atoms with van der Waals surface area (Å²) in [6.45, 7) is 27.5. The second-order valence-corrected chi connectivity index (χ2v) is 25.4. The van der Waals surface area contributed by atoms with Crippen molar-refractivity contribution in [3.05, 3.63) is 30.0 Å². The largest absolute Gasteiger partial charge is 0.494 e. The van der Waals surface area contributed by atoms with Crippen molar-refractivity contribution in [3.63, 3.8) is 0 Å². The number of aromatic nitrogens is 2. The molecule has 286 valence electrons. The van der Waals surface area contributed by atoms with Crippen LogP contribution in [0.3, 0.4) is 0 Å². The summed E-state index contributed by atoms with van der Waals surface area (Å²) < 4.78 is 54.4. The van der Waals surface area contributed by atoms with Gasteiger partial charge in [0.05, 0.1) is 30.3 Å². The lowest BCUT2D eigenvalue weighted by atomic mass is 9.72. The molecule has 4 rings (SSSR count). The van der Waals surface area contributed by atoms with Gasteiger partial charge in [-0.3, -0.25) is 0 Å². The van der Waals surface area contributed by atoms with E-state index in [1.807, 2.05) is 6.20 Å². The molecule has 0 unspecified atom stereocenters. The molecule has 0 radical (unpaired) electrons. The van der Waals surface area contributed by atoms with Crippen molar-refractivity contribution in [2.45, 2.75) is 149 Å². The molecule has 3 heterocycles. The van der Waals surface area contributed by atoms with E-state index >= 15 is 0 Å². The van der Waals surface area contributed by atoms with Crippen LogP contribution in [0.15, 0.2) is 24.4 Å². The first-order chi connectivity index (χ1) is 23.4. The molecule has 0 atom stereocenters. The van der Waals surface area contributed by atoms with Crippen LogP contribution in [-0.4, -0.2) is 80.1 Å². The molecule has 2 aliphatic rings. The molecule has 0 aromatic carbocycles. The van der Waals surface area contributed by atoms with Gasteiger partial charge in [-0.1, -0.05) is 47.5 Å².